The number of rotatable bonds is 8. The Morgan fingerprint density at radius 3 is 2.32 bits per heavy atom. The summed E-state index contributed by atoms with van der Waals surface area (Å²) in [5, 5.41) is 10.8. The molecule has 1 aliphatic rings. The quantitative estimate of drug-likeness (QED) is 0.512. The Bertz CT molecular complexity index is 1210. The first-order chi connectivity index (χ1) is 16.5. The largest absolute Gasteiger partial charge is 0.493 e. The zero-order valence-corrected chi connectivity index (χ0v) is 19.8. The highest BCUT2D eigenvalue weighted by atomic mass is 16.5. The number of ether oxygens (including phenoxy) is 1. The van der Waals surface area contributed by atoms with E-state index in [1.165, 1.54) is 17.7 Å². The Balaban J connectivity index is 1.27. The highest BCUT2D eigenvalue weighted by Gasteiger charge is 2.20. The molecule has 1 atom stereocenters. The summed E-state index contributed by atoms with van der Waals surface area (Å²) in [6.45, 7) is 4.68. The van der Waals surface area contributed by atoms with Crippen LogP contribution in [0.3, 0.4) is 0 Å². The van der Waals surface area contributed by atoms with E-state index in [1.54, 1.807) is 7.05 Å². The van der Waals surface area contributed by atoms with Crippen molar-refractivity contribution in [1.82, 2.24) is 14.0 Å². The van der Waals surface area contributed by atoms with Crippen molar-refractivity contribution in [2.45, 2.75) is 12.5 Å². The summed E-state index contributed by atoms with van der Waals surface area (Å²) < 4.78 is 8.70. The molecule has 8 heteroatoms. The molecule has 0 radical (unpaired) electrons. The fraction of sp³-hybridized carbons (Fsp3) is 0.385. The first kappa shape index (κ1) is 23.8. The topological polar surface area (TPSA) is 79.9 Å². The van der Waals surface area contributed by atoms with Crippen LogP contribution in [0.2, 0.25) is 0 Å². The van der Waals surface area contributed by atoms with E-state index in [0.29, 0.717) is 18.2 Å². The molecule has 0 saturated carbocycles. The second-order valence-corrected chi connectivity index (χ2v) is 8.62. The smallest absolute Gasteiger partial charge is 0.332 e. The lowest BCUT2D eigenvalue weighted by Crippen LogP contribution is -2.49. The number of benzene rings is 2. The second kappa shape index (κ2) is 10.7. The lowest BCUT2D eigenvalue weighted by Gasteiger charge is -2.36. The Hall–Kier alpha value is -3.36. The van der Waals surface area contributed by atoms with Gasteiger partial charge in [-0.05, 0) is 18.1 Å². The highest BCUT2D eigenvalue weighted by Crippen LogP contribution is 2.29. The SMILES string of the molecule is Cn1c(N2CCN(CCCOc3ccccc3C(O)c3ccccc3)CC2)cc(=O)n(C)c1=O. The van der Waals surface area contributed by atoms with E-state index in [9.17, 15) is 14.7 Å². The minimum Gasteiger partial charge on any atom is -0.493 e. The third-order valence-corrected chi connectivity index (χ3v) is 6.40. The number of para-hydroxylation sites is 1. The number of piperazine rings is 1. The van der Waals surface area contributed by atoms with Gasteiger partial charge in [-0.1, -0.05) is 48.5 Å². The molecule has 1 aliphatic heterocycles. The zero-order chi connectivity index (χ0) is 24.1. The maximum absolute atomic E-state index is 12.2. The predicted octanol–water partition coefficient (Wildman–Crippen LogP) is 1.76. The molecule has 0 aliphatic carbocycles. The highest BCUT2D eigenvalue weighted by molar-refractivity contribution is 5.40. The van der Waals surface area contributed by atoms with Gasteiger partial charge < -0.3 is 14.7 Å². The van der Waals surface area contributed by atoms with Crippen molar-refractivity contribution < 1.29 is 9.84 Å². The van der Waals surface area contributed by atoms with E-state index in [-0.39, 0.29) is 11.2 Å². The molecule has 4 rings (SSSR count). The van der Waals surface area contributed by atoms with Gasteiger partial charge in [0.15, 0.2) is 0 Å². The molecule has 3 aromatic rings. The van der Waals surface area contributed by atoms with Gasteiger partial charge in [0.1, 0.15) is 17.7 Å². The fourth-order valence-electron chi connectivity index (χ4n) is 4.35. The molecule has 1 fully saturated rings. The summed E-state index contributed by atoms with van der Waals surface area (Å²) in [4.78, 5) is 28.7. The van der Waals surface area contributed by atoms with Gasteiger partial charge >= 0.3 is 5.69 Å². The van der Waals surface area contributed by atoms with E-state index in [0.717, 1.165) is 54.8 Å². The summed E-state index contributed by atoms with van der Waals surface area (Å²) >= 11 is 0. The molecule has 2 heterocycles. The van der Waals surface area contributed by atoms with E-state index >= 15 is 0 Å². The van der Waals surface area contributed by atoms with Crippen molar-refractivity contribution in [2.75, 3.05) is 44.2 Å². The molecular formula is C26H32N4O4. The van der Waals surface area contributed by atoms with Gasteiger partial charge in [-0.3, -0.25) is 18.8 Å². The monoisotopic (exact) mass is 464 g/mol. The first-order valence-corrected chi connectivity index (χ1v) is 11.6. The van der Waals surface area contributed by atoms with E-state index in [2.05, 4.69) is 9.80 Å². The third kappa shape index (κ3) is 5.24. The van der Waals surface area contributed by atoms with Crippen LogP contribution in [0.15, 0.2) is 70.3 Å². The van der Waals surface area contributed by atoms with Crippen molar-refractivity contribution in [3.63, 3.8) is 0 Å². The van der Waals surface area contributed by atoms with Gasteiger partial charge in [-0.2, -0.15) is 0 Å². The van der Waals surface area contributed by atoms with Crippen LogP contribution in [-0.2, 0) is 14.1 Å². The summed E-state index contributed by atoms with van der Waals surface area (Å²) in [7, 11) is 3.20. The predicted molar refractivity (Wildman–Crippen MR) is 133 cm³/mol. The van der Waals surface area contributed by atoms with E-state index < -0.39 is 6.10 Å². The van der Waals surface area contributed by atoms with Gasteiger partial charge in [0.05, 0.1) is 6.61 Å². The lowest BCUT2D eigenvalue weighted by atomic mass is 10.0. The molecule has 1 aromatic heterocycles. The van der Waals surface area contributed by atoms with Crippen molar-refractivity contribution in [2.24, 2.45) is 14.1 Å². The number of hydrogen-bond donors (Lipinski definition) is 1. The Kier molecular flexibility index (Phi) is 7.49. The number of nitrogens with zero attached hydrogens (tertiary/aromatic N) is 4. The molecular weight excluding hydrogens is 432 g/mol. The maximum Gasteiger partial charge on any atom is 0.332 e. The average molecular weight is 465 g/mol. The normalized spacial score (nSPS) is 15.3. The van der Waals surface area contributed by atoms with Gasteiger partial charge in [0, 0.05) is 58.4 Å². The Labute approximate surface area is 199 Å². The van der Waals surface area contributed by atoms with Crippen molar-refractivity contribution in [3.05, 3.63) is 92.6 Å². The lowest BCUT2D eigenvalue weighted by molar-refractivity contribution is 0.202. The number of anilines is 1. The molecule has 34 heavy (non-hydrogen) atoms. The van der Waals surface area contributed by atoms with E-state index in [1.807, 2.05) is 54.6 Å². The number of aliphatic hydroxyl groups is 1. The number of hydrogen-bond acceptors (Lipinski definition) is 6. The second-order valence-electron chi connectivity index (χ2n) is 8.62. The molecule has 8 nitrogen and oxygen atoms in total. The third-order valence-electron chi connectivity index (χ3n) is 6.40. The number of aliphatic hydroxyl groups excluding tert-OH is 1. The molecule has 0 spiro atoms. The molecule has 1 N–H and O–H groups in total. The summed E-state index contributed by atoms with van der Waals surface area (Å²) in [5.74, 6) is 1.37. The summed E-state index contributed by atoms with van der Waals surface area (Å²) in [5.41, 5.74) is 1.02. The minimum absolute atomic E-state index is 0.282. The van der Waals surface area contributed by atoms with Crippen molar-refractivity contribution in [1.29, 1.82) is 0 Å². The van der Waals surface area contributed by atoms with Crippen LogP contribution in [0.25, 0.3) is 0 Å². The van der Waals surface area contributed by atoms with Gasteiger partial charge in [-0.15, -0.1) is 0 Å². The Morgan fingerprint density at radius 2 is 1.59 bits per heavy atom. The van der Waals surface area contributed by atoms with Crippen LogP contribution in [0, 0.1) is 0 Å². The van der Waals surface area contributed by atoms with Crippen LogP contribution in [-0.4, -0.2) is 58.5 Å². The maximum atomic E-state index is 12.2. The van der Waals surface area contributed by atoms with Gasteiger partial charge in [0.2, 0.25) is 0 Å². The standard InChI is InChI=1S/C26H32N4O4/c1-27-23(19-24(31)28(2)26(27)33)30-16-14-29(15-17-30)13-8-18-34-22-12-7-6-11-21(22)25(32)20-9-4-3-5-10-20/h3-7,9-12,19,25,32H,8,13-18H2,1-2H3. The summed E-state index contributed by atoms with van der Waals surface area (Å²) in [6.07, 6.45) is 0.136. The van der Waals surface area contributed by atoms with Crippen LogP contribution >= 0.6 is 0 Å². The van der Waals surface area contributed by atoms with E-state index in [4.69, 9.17) is 4.74 Å². The average Bonchev–Trinajstić information content (AvgIpc) is 2.88. The van der Waals surface area contributed by atoms with Crippen LogP contribution in [0.1, 0.15) is 23.7 Å². The van der Waals surface area contributed by atoms with Crippen LogP contribution < -0.4 is 20.9 Å². The summed E-state index contributed by atoms with van der Waals surface area (Å²) in [6, 6.07) is 18.7. The molecule has 1 saturated heterocycles. The molecule has 2 aromatic carbocycles. The van der Waals surface area contributed by atoms with Gasteiger partial charge in [0.25, 0.3) is 5.56 Å². The fourth-order valence-corrected chi connectivity index (χ4v) is 4.35. The van der Waals surface area contributed by atoms with Gasteiger partial charge in [-0.25, -0.2) is 4.79 Å². The van der Waals surface area contributed by atoms with Crippen molar-refractivity contribution in [3.8, 4) is 5.75 Å². The zero-order valence-electron chi connectivity index (χ0n) is 19.8. The first-order valence-electron chi connectivity index (χ1n) is 11.6. The minimum atomic E-state index is -0.726. The Morgan fingerprint density at radius 1 is 0.912 bits per heavy atom. The molecule has 180 valence electrons. The van der Waals surface area contributed by atoms with Crippen LogP contribution in [0.4, 0.5) is 5.82 Å². The van der Waals surface area contributed by atoms with Crippen LogP contribution in [0.5, 0.6) is 5.75 Å². The number of aromatic nitrogens is 2. The van der Waals surface area contributed by atoms with Crippen molar-refractivity contribution >= 4 is 5.82 Å². The molecule has 0 bridgehead atoms. The molecule has 1 unspecified atom stereocenters. The molecule has 0 amide bonds.